The van der Waals surface area contributed by atoms with E-state index in [4.69, 9.17) is 9.47 Å². The lowest BCUT2D eigenvalue weighted by Crippen LogP contribution is -2.08. The van der Waals surface area contributed by atoms with Crippen LogP contribution in [0.15, 0.2) is 24.5 Å². The molecule has 4 rings (SSSR count). The van der Waals surface area contributed by atoms with Crippen molar-refractivity contribution in [3.63, 3.8) is 0 Å². The summed E-state index contributed by atoms with van der Waals surface area (Å²) in [4.78, 5) is 24.6. The van der Waals surface area contributed by atoms with Crippen LogP contribution in [0.25, 0.3) is 0 Å². The lowest BCUT2D eigenvalue weighted by atomic mass is 10.2. The predicted molar refractivity (Wildman–Crippen MR) is 103 cm³/mol. The third-order valence-electron chi connectivity index (χ3n) is 4.16. The molecule has 3 aromatic rings. The van der Waals surface area contributed by atoms with E-state index in [0.717, 1.165) is 16.1 Å². The average Bonchev–Trinajstić information content (AvgIpc) is 3.25. The fraction of sp³-hybridized carbons (Fsp3) is 0.235. The summed E-state index contributed by atoms with van der Waals surface area (Å²) in [5, 5.41) is 18.1. The first kappa shape index (κ1) is 17.9. The van der Waals surface area contributed by atoms with Crippen molar-refractivity contribution in [2.24, 2.45) is 0 Å². The lowest BCUT2D eigenvalue weighted by molar-refractivity contribution is -0.383. The van der Waals surface area contributed by atoms with Gasteiger partial charge in [0.15, 0.2) is 16.6 Å². The number of hydrogen-bond donors (Lipinski definition) is 2. The van der Waals surface area contributed by atoms with Crippen LogP contribution < -0.4 is 20.1 Å². The Labute approximate surface area is 163 Å². The molecule has 0 radical (unpaired) electrons. The van der Waals surface area contributed by atoms with Gasteiger partial charge in [-0.15, -0.1) is 11.3 Å². The molecule has 1 aliphatic heterocycles. The van der Waals surface area contributed by atoms with E-state index in [0.29, 0.717) is 23.2 Å². The molecule has 28 heavy (non-hydrogen) atoms. The highest BCUT2D eigenvalue weighted by Crippen LogP contribution is 2.35. The van der Waals surface area contributed by atoms with Gasteiger partial charge in [0.25, 0.3) is 0 Å². The first-order chi connectivity index (χ1) is 13.5. The number of ether oxygens (including phenoxy) is 2. The molecule has 0 aliphatic carbocycles. The molecule has 0 saturated carbocycles. The number of benzene rings is 1. The van der Waals surface area contributed by atoms with Gasteiger partial charge in [-0.1, -0.05) is 6.07 Å². The normalized spacial score (nSPS) is 12.1. The van der Waals surface area contributed by atoms with Crippen LogP contribution in [-0.2, 0) is 6.54 Å². The molecule has 144 valence electrons. The smallest absolute Gasteiger partial charge is 0.353 e. The Hall–Kier alpha value is -3.47. The van der Waals surface area contributed by atoms with Gasteiger partial charge in [-0.25, -0.2) is 15.0 Å². The van der Waals surface area contributed by atoms with Crippen LogP contribution in [0, 0.1) is 24.0 Å². The molecule has 0 unspecified atom stereocenters. The number of aryl methyl sites for hydroxylation is 2. The number of rotatable bonds is 6. The average molecular weight is 400 g/mol. The quantitative estimate of drug-likeness (QED) is 0.472. The number of fused-ring (bicyclic) bond motifs is 1. The van der Waals surface area contributed by atoms with Crippen molar-refractivity contribution in [2.75, 3.05) is 17.4 Å². The molecule has 0 spiro atoms. The van der Waals surface area contributed by atoms with Crippen molar-refractivity contribution < 1.29 is 14.4 Å². The summed E-state index contributed by atoms with van der Waals surface area (Å²) >= 11 is 1.41. The number of nitrogens with zero attached hydrogens (tertiary/aromatic N) is 4. The maximum Gasteiger partial charge on any atom is 0.353 e. The Morgan fingerprint density at radius 1 is 1.21 bits per heavy atom. The molecule has 0 fully saturated rings. The van der Waals surface area contributed by atoms with Crippen LogP contribution in [0.4, 0.5) is 22.5 Å². The summed E-state index contributed by atoms with van der Waals surface area (Å²) in [5.74, 6) is 1.53. The zero-order chi connectivity index (χ0) is 19.7. The van der Waals surface area contributed by atoms with Gasteiger partial charge in [-0.2, -0.15) is 0 Å². The van der Waals surface area contributed by atoms with Crippen molar-refractivity contribution >= 4 is 33.8 Å². The molecule has 11 heteroatoms. The molecule has 1 aromatic carbocycles. The minimum absolute atomic E-state index is 0.0851. The summed E-state index contributed by atoms with van der Waals surface area (Å²) in [7, 11) is 0. The number of thiazole rings is 1. The first-order valence-electron chi connectivity index (χ1n) is 8.34. The van der Waals surface area contributed by atoms with Gasteiger partial charge >= 0.3 is 5.69 Å². The van der Waals surface area contributed by atoms with Gasteiger partial charge in [-0.05, 0) is 31.5 Å². The summed E-state index contributed by atoms with van der Waals surface area (Å²) in [6, 6.07) is 5.48. The van der Waals surface area contributed by atoms with E-state index < -0.39 is 4.92 Å². The molecular formula is C17H16N6O4S. The topological polar surface area (TPSA) is 124 Å². The number of anilines is 3. The van der Waals surface area contributed by atoms with Crippen molar-refractivity contribution in [1.82, 2.24) is 15.0 Å². The molecule has 0 atom stereocenters. The van der Waals surface area contributed by atoms with E-state index in [9.17, 15) is 10.1 Å². The van der Waals surface area contributed by atoms with Gasteiger partial charge in [0.1, 0.15) is 6.33 Å². The number of nitrogens with one attached hydrogen (secondary N) is 2. The molecule has 0 saturated heterocycles. The van der Waals surface area contributed by atoms with E-state index in [2.05, 4.69) is 25.6 Å². The van der Waals surface area contributed by atoms with Crippen LogP contribution in [-0.4, -0.2) is 26.7 Å². The van der Waals surface area contributed by atoms with Gasteiger partial charge in [0, 0.05) is 11.4 Å². The largest absolute Gasteiger partial charge is 0.454 e. The molecule has 3 heterocycles. The minimum Gasteiger partial charge on any atom is -0.454 e. The zero-order valence-corrected chi connectivity index (χ0v) is 15.9. The Kier molecular flexibility index (Phi) is 4.65. The van der Waals surface area contributed by atoms with E-state index in [1.165, 1.54) is 17.7 Å². The van der Waals surface area contributed by atoms with Crippen LogP contribution in [0.3, 0.4) is 0 Å². The number of aromatic nitrogens is 3. The zero-order valence-electron chi connectivity index (χ0n) is 15.1. The van der Waals surface area contributed by atoms with Crippen LogP contribution >= 0.6 is 11.3 Å². The fourth-order valence-electron chi connectivity index (χ4n) is 2.64. The summed E-state index contributed by atoms with van der Waals surface area (Å²) in [6.45, 7) is 4.33. The molecular weight excluding hydrogens is 384 g/mol. The maximum atomic E-state index is 11.7. The number of nitro groups is 1. The maximum absolute atomic E-state index is 11.7. The molecule has 0 bridgehead atoms. The van der Waals surface area contributed by atoms with Crippen LogP contribution in [0.2, 0.25) is 0 Å². The van der Waals surface area contributed by atoms with Crippen LogP contribution in [0.5, 0.6) is 11.5 Å². The number of hydrogen-bond acceptors (Lipinski definition) is 10. The Balaban J connectivity index is 1.57. The standard InChI is InChI=1S/C17H16N6O4S/c1-9-10(2)28-17(21-9)22-16-14(23(24)25)15(19-7-20-16)18-6-11-3-4-12-13(5-11)27-8-26-12/h3-5,7H,6,8H2,1-2H3,(H2,18,19,20,21,22). The summed E-state index contributed by atoms with van der Waals surface area (Å²) in [6.07, 6.45) is 1.27. The third kappa shape index (κ3) is 3.51. The Bertz CT molecular complexity index is 1030. The van der Waals surface area contributed by atoms with Gasteiger partial charge in [-0.3, -0.25) is 10.1 Å². The van der Waals surface area contributed by atoms with E-state index >= 15 is 0 Å². The van der Waals surface area contributed by atoms with Gasteiger partial charge < -0.3 is 20.1 Å². The van der Waals surface area contributed by atoms with E-state index in [1.807, 2.05) is 26.0 Å². The van der Waals surface area contributed by atoms with Gasteiger partial charge in [0.2, 0.25) is 18.4 Å². The predicted octanol–water partition coefficient (Wildman–Crippen LogP) is 3.54. The van der Waals surface area contributed by atoms with Gasteiger partial charge in [0.05, 0.1) is 10.6 Å². The minimum atomic E-state index is -0.516. The summed E-state index contributed by atoms with van der Waals surface area (Å²) in [5.41, 5.74) is 1.50. The lowest BCUT2D eigenvalue weighted by Gasteiger charge is -2.09. The highest BCUT2D eigenvalue weighted by molar-refractivity contribution is 7.15. The second-order valence-electron chi connectivity index (χ2n) is 6.00. The molecule has 10 nitrogen and oxygen atoms in total. The van der Waals surface area contributed by atoms with Crippen LogP contribution in [0.1, 0.15) is 16.1 Å². The molecule has 0 amide bonds. The monoisotopic (exact) mass is 400 g/mol. The SMILES string of the molecule is Cc1nc(Nc2ncnc(NCc3ccc4c(c3)OCO4)c2[N+](=O)[O-])sc1C. The molecule has 2 N–H and O–H groups in total. The Morgan fingerprint density at radius 2 is 2.00 bits per heavy atom. The second-order valence-corrected chi connectivity index (χ2v) is 7.21. The first-order valence-corrected chi connectivity index (χ1v) is 9.16. The van der Waals surface area contributed by atoms with E-state index in [-0.39, 0.29) is 24.1 Å². The molecule has 1 aliphatic rings. The highest BCUT2D eigenvalue weighted by Gasteiger charge is 2.24. The fourth-order valence-corrected chi connectivity index (χ4v) is 3.45. The van der Waals surface area contributed by atoms with Crippen molar-refractivity contribution in [1.29, 1.82) is 0 Å². The van der Waals surface area contributed by atoms with Crippen molar-refractivity contribution in [2.45, 2.75) is 20.4 Å². The third-order valence-corrected chi connectivity index (χ3v) is 5.14. The second kappa shape index (κ2) is 7.27. The van der Waals surface area contributed by atoms with E-state index in [1.54, 1.807) is 6.07 Å². The Morgan fingerprint density at radius 3 is 2.75 bits per heavy atom. The molecule has 2 aromatic heterocycles. The highest BCUT2D eigenvalue weighted by atomic mass is 32.1. The van der Waals surface area contributed by atoms with Crippen molar-refractivity contribution in [3.05, 3.63) is 50.8 Å². The van der Waals surface area contributed by atoms with Crippen molar-refractivity contribution in [3.8, 4) is 11.5 Å². The summed E-state index contributed by atoms with van der Waals surface area (Å²) < 4.78 is 10.6.